The maximum atomic E-state index is 12.6. The number of likely N-dealkylation sites (tertiary alicyclic amines) is 1. The number of hydrogen-bond donors (Lipinski definition) is 0. The second kappa shape index (κ2) is 6.15. The molecular formula is C17H24N2O3. The van der Waals surface area contributed by atoms with E-state index in [0.717, 1.165) is 12.8 Å². The van der Waals surface area contributed by atoms with Crippen molar-refractivity contribution in [2.75, 3.05) is 20.1 Å². The third kappa shape index (κ3) is 3.03. The average Bonchev–Trinajstić information content (AvgIpc) is 3.26. The van der Waals surface area contributed by atoms with Gasteiger partial charge in [-0.15, -0.1) is 0 Å². The van der Waals surface area contributed by atoms with Crippen LogP contribution in [0.4, 0.5) is 0 Å². The summed E-state index contributed by atoms with van der Waals surface area (Å²) in [5.41, 5.74) is 0.587. The molecule has 120 valence electrons. The summed E-state index contributed by atoms with van der Waals surface area (Å²) in [4.78, 5) is 28.6. The van der Waals surface area contributed by atoms with Gasteiger partial charge in [-0.05, 0) is 44.6 Å². The zero-order valence-corrected chi connectivity index (χ0v) is 13.3. The molecule has 22 heavy (non-hydrogen) atoms. The van der Waals surface area contributed by atoms with Crippen LogP contribution in [0.15, 0.2) is 23.0 Å². The van der Waals surface area contributed by atoms with Crippen LogP contribution in [0, 0.1) is 11.8 Å². The van der Waals surface area contributed by atoms with Crippen LogP contribution in [0.25, 0.3) is 0 Å². The van der Waals surface area contributed by atoms with Crippen molar-refractivity contribution < 1.29 is 14.0 Å². The van der Waals surface area contributed by atoms with Crippen LogP contribution in [0.5, 0.6) is 0 Å². The van der Waals surface area contributed by atoms with E-state index in [1.165, 1.54) is 25.4 Å². The number of furan rings is 1. The highest BCUT2D eigenvalue weighted by atomic mass is 16.3. The van der Waals surface area contributed by atoms with Crippen molar-refractivity contribution in [3.05, 3.63) is 24.2 Å². The molecular weight excluding hydrogens is 280 g/mol. The van der Waals surface area contributed by atoms with Crippen molar-refractivity contribution in [1.29, 1.82) is 0 Å². The second-order valence-electron chi connectivity index (χ2n) is 6.61. The minimum Gasteiger partial charge on any atom is -0.472 e. The average molecular weight is 304 g/mol. The Morgan fingerprint density at radius 2 is 1.95 bits per heavy atom. The van der Waals surface area contributed by atoms with Gasteiger partial charge in [0.25, 0.3) is 5.91 Å². The van der Waals surface area contributed by atoms with Crippen molar-refractivity contribution in [3.8, 4) is 0 Å². The van der Waals surface area contributed by atoms with Gasteiger partial charge in [0.15, 0.2) is 0 Å². The molecule has 2 aliphatic rings. The van der Waals surface area contributed by atoms with Crippen molar-refractivity contribution in [1.82, 2.24) is 9.80 Å². The van der Waals surface area contributed by atoms with E-state index in [1.54, 1.807) is 6.07 Å². The summed E-state index contributed by atoms with van der Waals surface area (Å²) >= 11 is 0. The maximum absolute atomic E-state index is 12.6. The minimum atomic E-state index is -0.000600. The lowest BCUT2D eigenvalue weighted by atomic mass is 9.94. The normalized spacial score (nSPS) is 20.7. The standard InChI is InChI=1S/C17H24N2O3/c1-12(13-3-4-13)18(2)16(20)14-5-8-19(9-6-14)17(21)15-7-10-22-11-15/h7,10-14H,3-6,8-9H2,1-2H3. The Morgan fingerprint density at radius 3 is 2.50 bits per heavy atom. The lowest BCUT2D eigenvalue weighted by Gasteiger charge is -2.35. The fraction of sp³-hybridized carbons (Fsp3) is 0.647. The van der Waals surface area contributed by atoms with Gasteiger partial charge in [-0.1, -0.05) is 0 Å². The van der Waals surface area contributed by atoms with Gasteiger partial charge >= 0.3 is 0 Å². The molecule has 5 heteroatoms. The van der Waals surface area contributed by atoms with E-state index in [9.17, 15) is 9.59 Å². The Labute approximate surface area is 131 Å². The molecule has 1 aromatic heterocycles. The number of nitrogens with zero attached hydrogens (tertiary/aromatic N) is 2. The summed E-state index contributed by atoms with van der Waals surface area (Å²) in [6.07, 6.45) is 6.99. The molecule has 0 N–H and O–H groups in total. The van der Waals surface area contributed by atoms with Gasteiger partial charge in [-0.3, -0.25) is 9.59 Å². The van der Waals surface area contributed by atoms with Gasteiger partial charge in [0, 0.05) is 32.1 Å². The SMILES string of the molecule is CC(C1CC1)N(C)C(=O)C1CCN(C(=O)c2ccoc2)CC1. The van der Waals surface area contributed by atoms with E-state index in [2.05, 4.69) is 6.92 Å². The largest absolute Gasteiger partial charge is 0.472 e. The molecule has 1 atom stereocenters. The molecule has 1 saturated carbocycles. The number of hydrogen-bond acceptors (Lipinski definition) is 3. The lowest BCUT2D eigenvalue weighted by molar-refractivity contribution is -0.137. The fourth-order valence-corrected chi connectivity index (χ4v) is 3.28. The summed E-state index contributed by atoms with van der Waals surface area (Å²) in [6.45, 7) is 3.44. The third-order valence-electron chi connectivity index (χ3n) is 5.16. The maximum Gasteiger partial charge on any atom is 0.257 e. The van der Waals surface area contributed by atoms with Crippen LogP contribution in [-0.2, 0) is 4.79 Å². The Bertz CT molecular complexity index is 528. The first-order chi connectivity index (χ1) is 10.6. The Morgan fingerprint density at radius 1 is 1.27 bits per heavy atom. The van der Waals surface area contributed by atoms with Crippen LogP contribution < -0.4 is 0 Å². The number of rotatable bonds is 4. The number of piperidine rings is 1. The molecule has 1 aliphatic heterocycles. The zero-order valence-electron chi connectivity index (χ0n) is 13.3. The second-order valence-corrected chi connectivity index (χ2v) is 6.61. The van der Waals surface area contributed by atoms with Crippen LogP contribution in [0.3, 0.4) is 0 Å². The van der Waals surface area contributed by atoms with Crippen molar-refractivity contribution in [2.24, 2.45) is 11.8 Å². The van der Waals surface area contributed by atoms with Gasteiger partial charge in [0.05, 0.1) is 11.8 Å². The third-order valence-corrected chi connectivity index (χ3v) is 5.16. The van der Waals surface area contributed by atoms with Crippen molar-refractivity contribution in [3.63, 3.8) is 0 Å². The highest BCUT2D eigenvalue weighted by Gasteiger charge is 2.36. The summed E-state index contributed by atoms with van der Waals surface area (Å²) in [7, 11) is 1.92. The van der Waals surface area contributed by atoms with E-state index >= 15 is 0 Å². The van der Waals surface area contributed by atoms with Gasteiger partial charge in [0.1, 0.15) is 6.26 Å². The van der Waals surface area contributed by atoms with E-state index in [4.69, 9.17) is 4.42 Å². The minimum absolute atomic E-state index is 0.000600. The Balaban J connectivity index is 1.52. The molecule has 2 heterocycles. The molecule has 3 rings (SSSR count). The van der Waals surface area contributed by atoms with Crippen LogP contribution in [0.1, 0.15) is 43.0 Å². The quantitative estimate of drug-likeness (QED) is 0.858. The topological polar surface area (TPSA) is 53.8 Å². The number of amides is 2. The molecule has 2 amide bonds. The van der Waals surface area contributed by atoms with Gasteiger partial charge in [-0.25, -0.2) is 0 Å². The predicted octanol–water partition coefficient (Wildman–Crippen LogP) is 2.39. The van der Waals surface area contributed by atoms with Gasteiger partial charge in [0.2, 0.25) is 5.91 Å². The first-order valence-corrected chi connectivity index (χ1v) is 8.16. The number of carbonyl (C=O) groups is 2. The molecule has 0 bridgehead atoms. The van der Waals surface area contributed by atoms with Crippen LogP contribution >= 0.6 is 0 Å². The molecule has 5 nitrogen and oxygen atoms in total. The Hall–Kier alpha value is -1.78. The zero-order chi connectivity index (χ0) is 15.7. The van der Waals surface area contributed by atoms with Crippen LogP contribution in [-0.4, -0.2) is 47.8 Å². The van der Waals surface area contributed by atoms with E-state index < -0.39 is 0 Å². The smallest absolute Gasteiger partial charge is 0.257 e. The summed E-state index contributed by atoms with van der Waals surface area (Å²) in [5.74, 6) is 0.991. The van der Waals surface area contributed by atoms with Crippen LogP contribution in [0.2, 0.25) is 0 Å². The molecule has 0 aromatic carbocycles. The summed E-state index contributed by atoms with van der Waals surface area (Å²) < 4.78 is 4.96. The van der Waals surface area contributed by atoms with E-state index in [0.29, 0.717) is 30.6 Å². The highest BCUT2D eigenvalue weighted by molar-refractivity contribution is 5.94. The Kier molecular flexibility index (Phi) is 4.23. The summed E-state index contributed by atoms with van der Waals surface area (Å²) in [6, 6.07) is 2.03. The van der Waals surface area contributed by atoms with Gasteiger partial charge < -0.3 is 14.2 Å². The van der Waals surface area contributed by atoms with E-state index in [1.807, 2.05) is 16.8 Å². The van der Waals surface area contributed by atoms with E-state index in [-0.39, 0.29) is 17.7 Å². The molecule has 1 aliphatic carbocycles. The molecule has 0 spiro atoms. The fourth-order valence-electron chi connectivity index (χ4n) is 3.28. The van der Waals surface area contributed by atoms with Crippen molar-refractivity contribution >= 4 is 11.8 Å². The molecule has 1 unspecified atom stereocenters. The first kappa shape index (κ1) is 15.1. The van der Waals surface area contributed by atoms with Gasteiger partial charge in [-0.2, -0.15) is 0 Å². The molecule has 1 aromatic rings. The lowest BCUT2D eigenvalue weighted by Crippen LogP contribution is -2.46. The molecule has 2 fully saturated rings. The monoisotopic (exact) mass is 304 g/mol. The van der Waals surface area contributed by atoms with Crippen molar-refractivity contribution in [2.45, 2.75) is 38.6 Å². The molecule has 1 saturated heterocycles. The molecule has 0 radical (unpaired) electrons. The first-order valence-electron chi connectivity index (χ1n) is 8.16. The number of carbonyl (C=O) groups excluding carboxylic acids is 2. The predicted molar refractivity (Wildman–Crippen MR) is 82.3 cm³/mol. The highest BCUT2D eigenvalue weighted by Crippen LogP contribution is 2.35. The summed E-state index contributed by atoms with van der Waals surface area (Å²) in [5, 5.41) is 0.